The summed E-state index contributed by atoms with van der Waals surface area (Å²) in [6.45, 7) is 6.54. The van der Waals surface area contributed by atoms with Gasteiger partial charge in [-0.2, -0.15) is 0 Å². The molecule has 0 bridgehead atoms. The van der Waals surface area contributed by atoms with Crippen LogP contribution in [0.1, 0.15) is 19.2 Å². The second-order valence-corrected chi connectivity index (χ2v) is 6.46. The Hall–Kier alpha value is -3.21. The summed E-state index contributed by atoms with van der Waals surface area (Å²) in [5.74, 6) is 1.96. The van der Waals surface area contributed by atoms with Gasteiger partial charge in [0.05, 0.1) is 29.9 Å². The summed E-state index contributed by atoms with van der Waals surface area (Å²) in [4.78, 5) is 13.5. The third kappa shape index (κ3) is 3.05. The molecule has 4 rings (SSSR count). The summed E-state index contributed by atoms with van der Waals surface area (Å²) in [5.41, 5.74) is 5.84. The molecule has 1 aromatic heterocycles. The number of rotatable bonds is 5. The number of fused-ring (bicyclic) bond motifs is 1. The lowest BCUT2D eigenvalue weighted by atomic mass is 10.0. The molecule has 0 fully saturated rings. The van der Waals surface area contributed by atoms with Gasteiger partial charge in [0.1, 0.15) is 11.6 Å². The zero-order valence-electron chi connectivity index (χ0n) is 15.6. The van der Waals surface area contributed by atoms with Gasteiger partial charge in [-0.25, -0.2) is 4.98 Å². The molecule has 0 N–H and O–H groups in total. The van der Waals surface area contributed by atoms with Crippen LogP contribution in [-0.2, 0) is 13.0 Å². The van der Waals surface area contributed by atoms with Crippen molar-refractivity contribution in [1.82, 2.24) is 9.55 Å². The first kappa shape index (κ1) is 17.2. The summed E-state index contributed by atoms with van der Waals surface area (Å²) in [7, 11) is 1.68. The predicted octanol–water partition coefficient (Wildman–Crippen LogP) is 5.23. The van der Waals surface area contributed by atoms with Gasteiger partial charge < -0.3 is 9.30 Å². The van der Waals surface area contributed by atoms with Crippen molar-refractivity contribution in [3.63, 3.8) is 0 Å². The highest BCUT2D eigenvalue weighted by Gasteiger charge is 2.23. The number of nitrogens with zero attached hydrogens (tertiary/aromatic N) is 4. The van der Waals surface area contributed by atoms with Crippen LogP contribution in [0.25, 0.3) is 22.5 Å². The van der Waals surface area contributed by atoms with Crippen LogP contribution in [0.2, 0.25) is 0 Å². The number of hydrogen-bond acceptors (Lipinski definition) is 4. The van der Waals surface area contributed by atoms with Crippen LogP contribution in [0.3, 0.4) is 0 Å². The van der Waals surface area contributed by atoms with Gasteiger partial charge in [0.15, 0.2) is 0 Å². The van der Waals surface area contributed by atoms with Gasteiger partial charge in [-0.3, -0.25) is 9.98 Å². The number of aryl methyl sites for hydroxylation is 1. The van der Waals surface area contributed by atoms with Gasteiger partial charge >= 0.3 is 0 Å². The number of methoxy groups -OCH3 is 1. The number of benzene rings is 2. The van der Waals surface area contributed by atoms with E-state index in [-0.39, 0.29) is 0 Å². The van der Waals surface area contributed by atoms with E-state index in [2.05, 4.69) is 39.5 Å². The SMILES string of the molecule is C=Nc1ccc(-c2c(-c3cccc(OC)c3)nc3n2CCC3)cc1/N=C\C. The largest absolute Gasteiger partial charge is 0.497 e. The van der Waals surface area contributed by atoms with Crippen molar-refractivity contribution in [1.29, 1.82) is 0 Å². The van der Waals surface area contributed by atoms with Crippen molar-refractivity contribution in [3.8, 4) is 28.3 Å². The predicted molar refractivity (Wildman–Crippen MR) is 111 cm³/mol. The molecule has 0 atom stereocenters. The van der Waals surface area contributed by atoms with Crippen LogP contribution in [0.15, 0.2) is 52.4 Å². The number of ether oxygens (including phenoxy) is 1. The summed E-state index contributed by atoms with van der Waals surface area (Å²) >= 11 is 0. The van der Waals surface area contributed by atoms with Crippen molar-refractivity contribution in [2.45, 2.75) is 26.3 Å². The Bertz CT molecular complexity index is 1030. The average Bonchev–Trinajstić information content (AvgIpc) is 3.29. The molecule has 1 aliphatic heterocycles. The van der Waals surface area contributed by atoms with E-state index in [0.717, 1.165) is 64.8 Å². The molecule has 0 saturated carbocycles. The summed E-state index contributed by atoms with van der Waals surface area (Å²) in [6.07, 6.45) is 3.90. The first-order valence-corrected chi connectivity index (χ1v) is 9.08. The number of imidazole rings is 1. The Labute approximate surface area is 159 Å². The first-order valence-electron chi connectivity index (χ1n) is 9.08. The fraction of sp³-hybridized carbons (Fsp3) is 0.227. The number of hydrogen-bond donors (Lipinski definition) is 0. The minimum atomic E-state index is 0.779. The van der Waals surface area contributed by atoms with Crippen LogP contribution in [-0.4, -0.2) is 29.6 Å². The maximum Gasteiger partial charge on any atom is 0.119 e. The summed E-state index contributed by atoms with van der Waals surface area (Å²) < 4.78 is 7.73. The molecule has 5 heteroatoms. The minimum Gasteiger partial charge on any atom is -0.497 e. The molecule has 0 radical (unpaired) electrons. The van der Waals surface area contributed by atoms with E-state index in [0.29, 0.717) is 0 Å². The molecular weight excluding hydrogens is 336 g/mol. The molecule has 0 unspecified atom stereocenters. The van der Waals surface area contributed by atoms with Crippen LogP contribution in [0, 0.1) is 0 Å². The Kier molecular flexibility index (Phi) is 4.59. The fourth-order valence-corrected chi connectivity index (χ4v) is 3.64. The molecule has 2 heterocycles. The van der Waals surface area contributed by atoms with E-state index in [9.17, 15) is 0 Å². The van der Waals surface area contributed by atoms with Gasteiger partial charge in [0.2, 0.25) is 0 Å². The van der Waals surface area contributed by atoms with E-state index >= 15 is 0 Å². The molecule has 0 spiro atoms. The smallest absolute Gasteiger partial charge is 0.119 e. The lowest BCUT2D eigenvalue weighted by molar-refractivity contribution is 0.415. The van der Waals surface area contributed by atoms with Crippen LogP contribution >= 0.6 is 0 Å². The average molecular weight is 358 g/mol. The number of aromatic nitrogens is 2. The first-order chi connectivity index (χ1) is 13.2. The Balaban J connectivity index is 1.92. The summed E-state index contributed by atoms with van der Waals surface area (Å²) in [6, 6.07) is 14.2. The molecule has 0 amide bonds. The highest BCUT2D eigenvalue weighted by atomic mass is 16.5. The van der Waals surface area contributed by atoms with E-state index in [4.69, 9.17) is 9.72 Å². The molecule has 27 heavy (non-hydrogen) atoms. The zero-order chi connectivity index (χ0) is 18.8. The number of aliphatic imine (C=N–C) groups is 2. The van der Waals surface area contributed by atoms with Gasteiger partial charge in [-0.15, -0.1) is 0 Å². The normalized spacial score (nSPS) is 13.1. The van der Waals surface area contributed by atoms with Crippen LogP contribution in [0.5, 0.6) is 5.75 Å². The highest BCUT2D eigenvalue weighted by Crippen LogP contribution is 2.39. The lowest BCUT2D eigenvalue weighted by Gasteiger charge is -2.11. The molecule has 136 valence electrons. The standard InChI is InChI=1S/C22H22N4O/c1-4-24-19-14-16(10-11-18(19)23-2)22-21(25-20-9-6-12-26(20)22)15-7-5-8-17(13-15)27-3/h4-5,7-8,10-11,13-14H,2,6,9,12H2,1,3H3/b24-4-. The minimum absolute atomic E-state index is 0.779. The lowest BCUT2D eigenvalue weighted by Crippen LogP contribution is -1.96. The quantitative estimate of drug-likeness (QED) is 0.587. The van der Waals surface area contributed by atoms with E-state index in [1.807, 2.05) is 31.2 Å². The van der Waals surface area contributed by atoms with E-state index in [1.165, 1.54) is 0 Å². The van der Waals surface area contributed by atoms with Crippen molar-refractivity contribution in [3.05, 3.63) is 48.3 Å². The second-order valence-electron chi connectivity index (χ2n) is 6.46. The summed E-state index contributed by atoms with van der Waals surface area (Å²) in [5, 5.41) is 0. The van der Waals surface area contributed by atoms with Gasteiger partial charge in [-0.05, 0) is 44.3 Å². The monoisotopic (exact) mass is 358 g/mol. The molecule has 0 aliphatic carbocycles. The second kappa shape index (κ2) is 7.19. The molecular formula is C22H22N4O. The molecule has 3 aromatic rings. The molecule has 0 saturated heterocycles. The van der Waals surface area contributed by atoms with Crippen molar-refractivity contribution >= 4 is 24.3 Å². The Morgan fingerprint density at radius 2 is 2.04 bits per heavy atom. The van der Waals surface area contributed by atoms with Crippen molar-refractivity contribution in [2.75, 3.05) is 7.11 Å². The van der Waals surface area contributed by atoms with E-state index < -0.39 is 0 Å². The highest BCUT2D eigenvalue weighted by molar-refractivity contribution is 5.84. The fourth-order valence-electron chi connectivity index (χ4n) is 3.64. The molecule has 5 nitrogen and oxygen atoms in total. The van der Waals surface area contributed by atoms with Gasteiger partial charge in [0, 0.05) is 30.3 Å². The Morgan fingerprint density at radius 3 is 2.81 bits per heavy atom. The third-order valence-corrected chi connectivity index (χ3v) is 4.86. The van der Waals surface area contributed by atoms with E-state index in [1.54, 1.807) is 13.3 Å². The zero-order valence-corrected chi connectivity index (χ0v) is 15.6. The van der Waals surface area contributed by atoms with Crippen molar-refractivity contribution < 1.29 is 4.74 Å². The Morgan fingerprint density at radius 1 is 1.15 bits per heavy atom. The maximum atomic E-state index is 5.41. The van der Waals surface area contributed by atoms with Crippen LogP contribution in [0.4, 0.5) is 11.4 Å². The third-order valence-electron chi connectivity index (χ3n) is 4.86. The topological polar surface area (TPSA) is 51.8 Å². The van der Waals surface area contributed by atoms with Crippen LogP contribution < -0.4 is 4.74 Å². The van der Waals surface area contributed by atoms with Crippen molar-refractivity contribution in [2.24, 2.45) is 9.98 Å². The van der Waals surface area contributed by atoms with Gasteiger partial charge in [0.25, 0.3) is 0 Å². The molecule has 1 aliphatic rings. The molecule has 2 aromatic carbocycles. The van der Waals surface area contributed by atoms with Gasteiger partial charge in [-0.1, -0.05) is 18.2 Å². The maximum absolute atomic E-state index is 5.41.